The average molecular weight is 347 g/mol. The Labute approximate surface area is 155 Å². The number of fused-ring (bicyclic) bond motifs is 1. The van der Waals surface area contributed by atoms with Crippen LogP contribution in [0.3, 0.4) is 0 Å². The second-order valence-corrected chi connectivity index (χ2v) is 6.50. The molecule has 0 spiro atoms. The third kappa shape index (κ3) is 3.74. The first kappa shape index (κ1) is 18.1. The molecule has 0 saturated heterocycles. The lowest BCUT2D eigenvalue weighted by Crippen LogP contribution is -2.23. The minimum absolute atomic E-state index is 0.0684. The normalized spacial score (nSPS) is 14.6. The molecule has 1 aliphatic carbocycles. The monoisotopic (exact) mass is 347 g/mol. The van der Waals surface area contributed by atoms with Gasteiger partial charge in [0.1, 0.15) is 5.69 Å². The number of aliphatic imine (C=N–C) groups is 1. The van der Waals surface area contributed by atoms with E-state index in [9.17, 15) is 4.79 Å². The summed E-state index contributed by atoms with van der Waals surface area (Å²) in [6, 6.07) is 10.1. The molecule has 0 aliphatic heterocycles. The van der Waals surface area contributed by atoms with Gasteiger partial charge in [-0.15, -0.1) is 0 Å². The van der Waals surface area contributed by atoms with Crippen LogP contribution >= 0.6 is 0 Å². The summed E-state index contributed by atoms with van der Waals surface area (Å²) in [5.41, 5.74) is 5.33. The van der Waals surface area contributed by atoms with Crippen LogP contribution in [0.25, 0.3) is 0 Å². The number of allylic oxidation sites excluding steroid dienone is 2. The number of anilines is 1. The zero-order valence-electron chi connectivity index (χ0n) is 15.7. The Morgan fingerprint density at radius 1 is 1.15 bits per heavy atom. The molecule has 0 N–H and O–H groups in total. The van der Waals surface area contributed by atoms with Gasteiger partial charge in [0.15, 0.2) is 0 Å². The van der Waals surface area contributed by atoms with Crippen molar-refractivity contribution in [1.82, 2.24) is 4.98 Å². The highest BCUT2D eigenvalue weighted by atomic mass is 16.1. The number of unbranched alkanes of at least 4 members (excludes halogenated alkanes) is 1. The Hall–Kier alpha value is -2.75. The molecule has 1 aromatic carbocycles. The summed E-state index contributed by atoms with van der Waals surface area (Å²) < 4.78 is 0. The molecule has 3 rings (SSSR count). The molecule has 2 aromatic rings. The van der Waals surface area contributed by atoms with Gasteiger partial charge in [-0.3, -0.25) is 9.78 Å². The van der Waals surface area contributed by atoms with Crippen LogP contribution < -0.4 is 4.90 Å². The van der Waals surface area contributed by atoms with Crippen molar-refractivity contribution >= 4 is 22.9 Å². The number of hydrogen-bond donors (Lipinski definition) is 0. The number of nitrogens with zero attached hydrogens (tertiary/aromatic N) is 3. The van der Waals surface area contributed by atoms with E-state index in [1.807, 2.05) is 12.1 Å². The quantitative estimate of drug-likeness (QED) is 0.747. The third-order valence-corrected chi connectivity index (χ3v) is 4.66. The number of aryl methyl sites for hydroxylation is 1. The minimum atomic E-state index is -0.0684. The van der Waals surface area contributed by atoms with Gasteiger partial charge < -0.3 is 4.90 Å². The van der Waals surface area contributed by atoms with Crippen LogP contribution in [0.4, 0.5) is 11.4 Å². The first-order valence-corrected chi connectivity index (χ1v) is 9.26. The third-order valence-electron chi connectivity index (χ3n) is 4.66. The number of carbonyl (C=O) groups is 1. The molecule has 26 heavy (non-hydrogen) atoms. The largest absolute Gasteiger partial charge is 0.372 e. The highest BCUT2D eigenvalue weighted by molar-refractivity contribution is 6.23. The molecular formula is C22H25N3O. The summed E-state index contributed by atoms with van der Waals surface area (Å²) in [6.07, 6.45) is 7.35. The van der Waals surface area contributed by atoms with E-state index in [1.54, 1.807) is 18.3 Å². The maximum atomic E-state index is 12.0. The van der Waals surface area contributed by atoms with Crippen molar-refractivity contribution in [1.29, 1.82) is 0 Å². The van der Waals surface area contributed by atoms with Crippen molar-refractivity contribution in [2.45, 2.75) is 33.6 Å². The smallest absolute Gasteiger partial charge is 0.204 e. The lowest BCUT2D eigenvalue weighted by atomic mass is 9.99. The molecule has 0 radical (unpaired) electrons. The van der Waals surface area contributed by atoms with Gasteiger partial charge in [-0.25, -0.2) is 4.99 Å². The highest BCUT2D eigenvalue weighted by Gasteiger charge is 2.18. The highest BCUT2D eigenvalue weighted by Crippen LogP contribution is 2.27. The summed E-state index contributed by atoms with van der Waals surface area (Å²) in [5, 5.41) is 0. The van der Waals surface area contributed by atoms with Crippen molar-refractivity contribution in [3.05, 3.63) is 65.5 Å². The summed E-state index contributed by atoms with van der Waals surface area (Å²) in [6.45, 7) is 8.56. The van der Waals surface area contributed by atoms with Crippen molar-refractivity contribution in [2.24, 2.45) is 4.99 Å². The standard InChI is InChI=1S/C22H25N3O/c1-4-6-14-25(5-2)17-9-10-19(16(3)15-17)24-20-11-12-21(26)22-18(20)8-7-13-23-22/h7-13,15H,4-6,14H2,1-3H3. The lowest BCUT2D eigenvalue weighted by Gasteiger charge is -2.23. The first-order valence-electron chi connectivity index (χ1n) is 9.26. The number of benzene rings is 1. The number of hydrogen-bond acceptors (Lipinski definition) is 4. The van der Waals surface area contributed by atoms with Gasteiger partial charge in [-0.05, 0) is 68.3 Å². The number of carbonyl (C=O) groups excluding carboxylic acids is 1. The van der Waals surface area contributed by atoms with E-state index in [4.69, 9.17) is 4.99 Å². The maximum Gasteiger partial charge on any atom is 0.204 e. The molecule has 1 heterocycles. The number of aromatic nitrogens is 1. The summed E-state index contributed by atoms with van der Waals surface area (Å²) in [7, 11) is 0. The molecule has 1 aliphatic rings. The summed E-state index contributed by atoms with van der Waals surface area (Å²) >= 11 is 0. The second-order valence-electron chi connectivity index (χ2n) is 6.50. The van der Waals surface area contributed by atoms with Gasteiger partial charge in [-0.2, -0.15) is 0 Å². The van der Waals surface area contributed by atoms with Crippen molar-refractivity contribution in [3.63, 3.8) is 0 Å². The average Bonchev–Trinajstić information content (AvgIpc) is 2.66. The number of rotatable bonds is 6. The Kier molecular flexibility index (Phi) is 5.61. The first-order chi connectivity index (χ1) is 12.6. The van der Waals surface area contributed by atoms with Gasteiger partial charge in [0.05, 0.1) is 11.4 Å². The summed E-state index contributed by atoms with van der Waals surface area (Å²) in [5.74, 6) is -0.0684. The van der Waals surface area contributed by atoms with Crippen LogP contribution in [0.2, 0.25) is 0 Å². The van der Waals surface area contributed by atoms with Crippen LogP contribution in [0.1, 0.15) is 48.3 Å². The molecule has 0 atom stereocenters. The van der Waals surface area contributed by atoms with Crippen LogP contribution in [0.15, 0.2) is 53.7 Å². The molecule has 4 nitrogen and oxygen atoms in total. The Morgan fingerprint density at radius 2 is 2.00 bits per heavy atom. The van der Waals surface area contributed by atoms with E-state index in [1.165, 1.54) is 18.5 Å². The Bertz CT molecular complexity index is 867. The fraction of sp³-hybridized carbons (Fsp3) is 0.318. The second kappa shape index (κ2) is 8.09. The fourth-order valence-electron chi connectivity index (χ4n) is 3.14. The zero-order chi connectivity index (χ0) is 18.5. The summed E-state index contributed by atoms with van der Waals surface area (Å²) in [4.78, 5) is 23.4. The SMILES string of the molecule is CCCCN(CC)c1ccc(N=C2C=CC(=O)c3ncccc32)c(C)c1. The van der Waals surface area contributed by atoms with E-state index in [0.29, 0.717) is 5.69 Å². The van der Waals surface area contributed by atoms with Crippen LogP contribution in [0, 0.1) is 6.92 Å². The van der Waals surface area contributed by atoms with Gasteiger partial charge in [0.2, 0.25) is 5.78 Å². The van der Waals surface area contributed by atoms with Gasteiger partial charge in [0.25, 0.3) is 0 Å². The van der Waals surface area contributed by atoms with E-state index < -0.39 is 0 Å². The predicted octanol–water partition coefficient (Wildman–Crippen LogP) is 4.89. The molecule has 0 saturated carbocycles. The van der Waals surface area contributed by atoms with Crippen LogP contribution in [-0.2, 0) is 0 Å². The molecule has 0 amide bonds. The van der Waals surface area contributed by atoms with E-state index in [0.717, 1.165) is 35.6 Å². The van der Waals surface area contributed by atoms with Crippen LogP contribution in [0.5, 0.6) is 0 Å². The fourth-order valence-corrected chi connectivity index (χ4v) is 3.14. The van der Waals surface area contributed by atoms with Crippen molar-refractivity contribution < 1.29 is 4.79 Å². The Balaban J connectivity index is 1.92. The molecule has 0 unspecified atom stereocenters. The molecule has 0 fully saturated rings. The van der Waals surface area contributed by atoms with E-state index in [-0.39, 0.29) is 5.78 Å². The molecule has 134 valence electrons. The van der Waals surface area contributed by atoms with E-state index >= 15 is 0 Å². The predicted molar refractivity (Wildman–Crippen MR) is 108 cm³/mol. The Morgan fingerprint density at radius 3 is 2.73 bits per heavy atom. The minimum Gasteiger partial charge on any atom is -0.372 e. The molecule has 4 heteroatoms. The number of pyridine rings is 1. The van der Waals surface area contributed by atoms with E-state index in [2.05, 4.69) is 48.9 Å². The lowest BCUT2D eigenvalue weighted by molar-refractivity contribution is 0.104. The van der Waals surface area contributed by atoms with Gasteiger partial charge in [-0.1, -0.05) is 13.3 Å². The molecule has 0 bridgehead atoms. The number of ketones is 1. The van der Waals surface area contributed by atoms with Crippen molar-refractivity contribution in [2.75, 3.05) is 18.0 Å². The maximum absolute atomic E-state index is 12.0. The van der Waals surface area contributed by atoms with Gasteiger partial charge >= 0.3 is 0 Å². The van der Waals surface area contributed by atoms with Gasteiger partial charge in [0, 0.05) is 30.5 Å². The van der Waals surface area contributed by atoms with Crippen LogP contribution in [-0.4, -0.2) is 29.6 Å². The molecular weight excluding hydrogens is 322 g/mol. The topological polar surface area (TPSA) is 45.6 Å². The van der Waals surface area contributed by atoms with Crippen molar-refractivity contribution in [3.8, 4) is 0 Å². The zero-order valence-corrected chi connectivity index (χ0v) is 15.7. The molecule has 1 aromatic heterocycles.